The monoisotopic (exact) mass is 180 g/mol. The van der Waals surface area contributed by atoms with E-state index in [0.29, 0.717) is 6.04 Å². The summed E-state index contributed by atoms with van der Waals surface area (Å²) in [5, 5.41) is 0. The molecule has 0 fully saturated rings. The number of halogens is 1. The summed E-state index contributed by atoms with van der Waals surface area (Å²) >= 11 is 0. The Bertz CT molecular complexity index is 323. The van der Waals surface area contributed by atoms with E-state index in [1.165, 1.54) is 6.07 Å². The maximum absolute atomic E-state index is 12.8. The first-order valence-electron chi connectivity index (χ1n) is 4.55. The Balaban J connectivity index is 2.25. The van der Waals surface area contributed by atoms with E-state index in [1.54, 1.807) is 0 Å². The fourth-order valence-electron chi connectivity index (χ4n) is 1.62. The fourth-order valence-corrected chi connectivity index (χ4v) is 1.62. The van der Waals surface area contributed by atoms with E-state index in [2.05, 4.69) is 23.7 Å². The predicted octanol–water partition coefficient (Wildman–Crippen LogP) is 1.94. The number of hydrogen-bond acceptors (Lipinski definition) is 2. The highest BCUT2D eigenvalue weighted by Crippen LogP contribution is 2.22. The van der Waals surface area contributed by atoms with Gasteiger partial charge >= 0.3 is 0 Å². The highest BCUT2D eigenvalue weighted by molar-refractivity contribution is 5.24. The summed E-state index contributed by atoms with van der Waals surface area (Å²) in [5.41, 5.74) is 2.06. The molecule has 0 amide bonds. The van der Waals surface area contributed by atoms with Crippen molar-refractivity contribution in [1.29, 1.82) is 0 Å². The van der Waals surface area contributed by atoms with Crippen LogP contribution >= 0.6 is 0 Å². The Morgan fingerprint density at radius 1 is 1.38 bits per heavy atom. The highest BCUT2D eigenvalue weighted by Gasteiger charge is 2.22. The third kappa shape index (κ3) is 1.56. The minimum Gasteiger partial charge on any atom is -0.291 e. The predicted molar refractivity (Wildman–Crippen MR) is 48.6 cm³/mol. The van der Waals surface area contributed by atoms with Gasteiger partial charge in [-0.1, -0.05) is 6.07 Å². The van der Waals surface area contributed by atoms with Gasteiger partial charge in [-0.2, -0.15) is 4.39 Å². The van der Waals surface area contributed by atoms with Crippen LogP contribution in [-0.2, 0) is 13.1 Å². The van der Waals surface area contributed by atoms with Crippen molar-refractivity contribution in [2.24, 2.45) is 0 Å². The maximum Gasteiger partial charge on any atom is 0.213 e. The van der Waals surface area contributed by atoms with E-state index in [1.807, 2.05) is 6.07 Å². The Morgan fingerprint density at radius 2 is 2.15 bits per heavy atom. The molecule has 13 heavy (non-hydrogen) atoms. The lowest BCUT2D eigenvalue weighted by Gasteiger charge is -2.18. The summed E-state index contributed by atoms with van der Waals surface area (Å²) < 4.78 is 12.8. The number of rotatable bonds is 1. The first-order chi connectivity index (χ1) is 6.16. The third-order valence-corrected chi connectivity index (χ3v) is 2.49. The van der Waals surface area contributed by atoms with Crippen LogP contribution in [0.1, 0.15) is 25.1 Å². The Kier molecular flexibility index (Phi) is 2.04. The molecule has 0 aliphatic carbocycles. The second-order valence-corrected chi connectivity index (χ2v) is 3.74. The van der Waals surface area contributed by atoms with Crippen LogP contribution in [0, 0.1) is 5.95 Å². The van der Waals surface area contributed by atoms with E-state index in [9.17, 15) is 4.39 Å². The quantitative estimate of drug-likeness (QED) is 0.614. The van der Waals surface area contributed by atoms with Gasteiger partial charge in [0.05, 0.1) is 5.69 Å². The van der Waals surface area contributed by atoms with Crippen LogP contribution in [0.15, 0.2) is 12.1 Å². The minimum atomic E-state index is -0.371. The molecular weight excluding hydrogens is 167 g/mol. The Labute approximate surface area is 77.4 Å². The molecule has 0 bridgehead atoms. The zero-order valence-electron chi connectivity index (χ0n) is 7.92. The van der Waals surface area contributed by atoms with Gasteiger partial charge in [0.1, 0.15) is 0 Å². The summed E-state index contributed by atoms with van der Waals surface area (Å²) in [5.74, 6) is -0.371. The molecular formula is C10H13FN2. The minimum absolute atomic E-state index is 0.371. The summed E-state index contributed by atoms with van der Waals surface area (Å²) in [6.07, 6.45) is 0. The van der Waals surface area contributed by atoms with Gasteiger partial charge in [-0.15, -0.1) is 0 Å². The van der Waals surface area contributed by atoms with Crippen LogP contribution in [0.4, 0.5) is 4.39 Å². The number of nitrogens with zero attached hydrogens (tertiary/aromatic N) is 2. The summed E-state index contributed by atoms with van der Waals surface area (Å²) in [6, 6.07) is 3.76. The van der Waals surface area contributed by atoms with Crippen LogP contribution in [0.3, 0.4) is 0 Å². The molecule has 0 spiro atoms. The average molecular weight is 180 g/mol. The van der Waals surface area contributed by atoms with Gasteiger partial charge in [0.2, 0.25) is 5.95 Å². The lowest BCUT2D eigenvalue weighted by molar-refractivity contribution is 0.226. The van der Waals surface area contributed by atoms with Crippen molar-refractivity contribution >= 4 is 0 Å². The molecule has 2 rings (SSSR count). The normalized spacial score (nSPS) is 16.6. The zero-order valence-corrected chi connectivity index (χ0v) is 7.92. The summed E-state index contributed by atoms with van der Waals surface area (Å²) in [6.45, 7) is 5.97. The van der Waals surface area contributed by atoms with Crippen molar-refractivity contribution in [1.82, 2.24) is 9.88 Å². The van der Waals surface area contributed by atoms with Crippen molar-refractivity contribution < 1.29 is 4.39 Å². The number of fused-ring (bicyclic) bond motifs is 1. The number of pyridine rings is 1. The van der Waals surface area contributed by atoms with E-state index < -0.39 is 0 Å². The molecule has 0 atom stereocenters. The average Bonchev–Trinajstić information content (AvgIpc) is 2.46. The molecule has 0 saturated carbocycles. The molecule has 0 radical (unpaired) electrons. The van der Waals surface area contributed by atoms with Crippen LogP contribution in [-0.4, -0.2) is 15.9 Å². The van der Waals surface area contributed by atoms with Crippen molar-refractivity contribution in [3.8, 4) is 0 Å². The van der Waals surface area contributed by atoms with Crippen molar-refractivity contribution in [3.63, 3.8) is 0 Å². The van der Waals surface area contributed by atoms with Gasteiger partial charge < -0.3 is 0 Å². The second kappa shape index (κ2) is 3.07. The van der Waals surface area contributed by atoms with Crippen molar-refractivity contribution in [2.45, 2.75) is 33.0 Å². The smallest absolute Gasteiger partial charge is 0.213 e. The molecule has 1 aliphatic rings. The molecule has 1 aromatic rings. The molecule has 1 aromatic heterocycles. The third-order valence-electron chi connectivity index (χ3n) is 2.49. The molecule has 0 saturated heterocycles. The standard InChI is InChI=1S/C10H13FN2/c1-7(2)13-5-8-3-4-10(11)12-9(8)6-13/h3-4,7H,5-6H2,1-2H3. The van der Waals surface area contributed by atoms with Crippen LogP contribution < -0.4 is 0 Å². The Hall–Kier alpha value is -0.960. The van der Waals surface area contributed by atoms with Crippen LogP contribution in [0.5, 0.6) is 0 Å². The van der Waals surface area contributed by atoms with E-state index in [0.717, 1.165) is 24.3 Å². The molecule has 1 aliphatic heterocycles. The van der Waals surface area contributed by atoms with Crippen LogP contribution in [0.25, 0.3) is 0 Å². The van der Waals surface area contributed by atoms with Gasteiger partial charge in [0, 0.05) is 19.1 Å². The van der Waals surface area contributed by atoms with Gasteiger partial charge in [0.25, 0.3) is 0 Å². The Morgan fingerprint density at radius 3 is 2.85 bits per heavy atom. The second-order valence-electron chi connectivity index (χ2n) is 3.74. The molecule has 2 nitrogen and oxygen atoms in total. The topological polar surface area (TPSA) is 16.1 Å². The van der Waals surface area contributed by atoms with Crippen molar-refractivity contribution in [2.75, 3.05) is 0 Å². The first kappa shape index (κ1) is 8.63. The SMILES string of the molecule is CC(C)N1Cc2ccc(F)nc2C1. The largest absolute Gasteiger partial charge is 0.291 e. The van der Waals surface area contributed by atoms with Gasteiger partial charge in [-0.05, 0) is 25.5 Å². The lowest BCUT2D eigenvalue weighted by atomic mass is 10.2. The molecule has 70 valence electrons. The molecule has 3 heteroatoms. The summed E-state index contributed by atoms with van der Waals surface area (Å²) in [4.78, 5) is 6.15. The molecule has 0 aromatic carbocycles. The van der Waals surface area contributed by atoms with E-state index >= 15 is 0 Å². The van der Waals surface area contributed by atoms with Gasteiger partial charge in [-0.25, -0.2) is 4.98 Å². The number of aromatic nitrogens is 1. The van der Waals surface area contributed by atoms with E-state index in [-0.39, 0.29) is 5.95 Å². The lowest BCUT2D eigenvalue weighted by Crippen LogP contribution is -2.24. The molecule has 0 unspecified atom stereocenters. The van der Waals surface area contributed by atoms with E-state index in [4.69, 9.17) is 0 Å². The fraction of sp³-hybridized carbons (Fsp3) is 0.500. The maximum atomic E-state index is 12.8. The van der Waals surface area contributed by atoms with Crippen molar-refractivity contribution in [3.05, 3.63) is 29.3 Å². The number of hydrogen-bond donors (Lipinski definition) is 0. The molecule has 2 heterocycles. The van der Waals surface area contributed by atoms with Gasteiger partial charge in [-0.3, -0.25) is 4.90 Å². The zero-order chi connectivity index (χ0) is 9.42. The first-order valence-corrected chi connectivity index (χ1v) is 4.55. The van der Waals surface area contributed by atoms with Gasteiger partial charge in [0.15, 0.2) is 0 Å². The molecule has 0 N–H and O–H groups in total. The summed E-state index contributed by atoms with van der Waals surface area (Å²) in [7, 11) is 0. The highest BCUT2D eigenvalue weighted by atomic mass is 19.1. The van der Waals surface area contributed by atoms with Crippen LogP contribution in [0.2, 0.25) is 0 Å².